The van der Waals surface area contributed by atoms with Crippen LogP contribution in [-0.4, -0.2) is 11.3 Å². The molecule has 0 radical (unpaired) electrons. The Balaban J connectivity index is 2.07. The highest BCUT2D eigenvalue weighted by Gasteiger charge is 2.44. The van der Waals surface area contributed by atoms with E-state index in [9.17, 15) is 0 Å². The van der Waals surface area contributed by atoms with Crippen molar-refractivity contribution < 1.29 is 4.57 Å². The molecule has 0 unspecified atom stereocenters. The van der Waals surface area contributed by atoms with E-state index in [0.717, 1.165) is 25.7 Å². The third-order valence-corrected chi connectivity index (χ3v) is 13.8. The molecule has 210 valence electrons. The zero-order chi connectivity index (χ0) is 27.9. The fraction of sp³-hybridized carbons (Fsp3) is 0.667. The van der Waals surface area contributed by atoms with E-state index in [1.807, 2.05) is 0 Å². The lowest BCUT2D eigenvalue weighted by atomic mass is 9.71. The van der Waals surface area contributed by atoms with Gasteiger partial charge in [0.1, 0.15) is 7.14 Å². The average molecular weight is 535 g/mol. The van der Waals surface area contributed by atoms with Gasteiger partial charge in [0.25, 0.3) is 0 Å². The topological polar surface area (TPSA) is 17.1 Å². The van der Waals surface area contributed by atoms with E-state index in [4.69, 9.17) is 0 Å². The molecule has 2 saturated carbocycles. The standard InChI is InChI=1S/C36H55OP/c1-34(2,3)26-24-30(35(4,5)6)33(31(25-26)36(7,8)9)29-22-16-17-23-32(29)38(37,27-18-12-10-13-19-27)28-20-14-11-15-21-28/h16-17,22-25,27-28H,10-15,18-21H2,1-9H3. The molecule has 0 bridgehead atoms. The Morgan fingerprint density at radius 3 is 1.42 bits per heavy atom. The van der Waals surface area contributed by atoms with Crippen molar-refractivity contribution >= 4 is 12.4 Å². The van der Waals surface area contributed by atoms with Gasteiger partial charge in [-0.15, -0.1) is 0 Å². The highest BCUT2D eigenvalue weighted by Crippen LogP contribution is 2.63. The summed E-state index contributed by atoms with van der Waals surface area (Å²) in [6.07, 6.45) is 12.1. The predicted molar refractivity (Wildman–Crippen MR) is 169 cm³/mol. The van der Waals surface area contributed by atoms with Crippen LogP contribution in [0, 0.1) is 0 Å². The van der Waals surface area contributed by atoms with E-state index < -0.39 is 7.14 Å². The zero-order valence-electron chi connectivity index (χ0n) is 26.0. The molecule has 0 aromatic heterocycles. The van der Waals surface area contributed by atoms with E-state index >= 15 is 4.57 Å². The first-order chi connectivity index (χ1) is 17.6. The minimum Gasteiger partial charge on any atom is -0.318 e. The summed E-state index contributed by atoms with van der Waals surface area (Å²) in [5.74, 6) is 0. The van der Waals surface area contributed by atoms with Gasteiger partial charge in [-0.1, -0.05) is 137 Å². The highest BCUT2D eigenvalue weighted by molar-refractivity contribution is 7.73. The highest BCUT2D eigenvalue weighted by atomic mass is 31.2. The summed E-state index contributed by atoms with van der Waals surface area (Å²) in [4.78, 5) is 0. The van der Waals surface area contributed by atoms with E-state index in [0.29, 0.717) is 11.3 Å². The van der Waals surface area contributed by atoms with E-state index in [1.54, 1.807) is 0 Å². The average Bonchev–Trinajstić information content (AvgIpc) is 2.87. The van der Waals surface area contributed by atoms with Crippen LogP contribution in [0.5, 0.6) is 0 Å². The van der Waals surface area contributed by atoms with Gasteiger partial charge in [-0.3, -0.25) is 0 Å². The molecule has 2 aliphatic carbocycles. The van der Waals surface area contributed by atoms with Crippen LogP contribution in [-0.2, 0) is 20.8 Å². The second-order valence-corrected chi connectivity index (χ2v) is 18.9. The third-order valence-electron chi connectivity index (χ3n) is 9.40. The van der Waals surface area contributed by atoms with Gasteiger partial charge in [-0.25, -0.2) is 0 Å². The van der Waals surface area contributed by atoms with E-state index in [-0.39, 0.29) is 16.2 Å². The van der Waals surface area contributed by atoms with Crippen LogP contribution in [0.25, 0.3) is 11.1 Å². The molecular weight excluding hydrogens is 479 g/mol. The van der Waals surface area contributed by atoms with Gasteiger partial charge in [0.2, 0.25) is 0 Å². The molecule has 4 rings (SSSR count). The summed E-state index contributed by atoms with van der Waals surface area (Å²) in [6.45, 7) is 21.1. The Morgan fingerprint density at radius 1 is 0.605 bits per heavy atom. The molecule has 0 N–H and O–H groups in total. The van der Waals surface area contributed by atoms with Gasteiger partial charge in [0, 0.05) is 16.6 Å². The Hall–Kier alpha value is -1.33. The summed E-state index contributed by atoms with van der Waals surface area (Å²) in [7, 11) is -2.61. The largest absolute Gasteiger partial charge is 0.318 e. The number of hydrogen-bond donors (Lipinski definition) is 0. The molecular formula is C36H55OP. The van der Waals surface area contributed by atoms with Crippen molar-refractivity contribution in [1.29, 1.82) is 0 Å². The lowest BCUT2D eigenvalue weighted by molar-refractivity contribution is 0.453. The van der Waals surface area contributed by atoms with Gasteiger partial charge < -0.3 is 4.57 Å². The molecule has 1 nitrogen and oxygen atoms in total. The molecule has 0 atom stereocenters. The Bertz CT molecular complexity index is 1100. The van der Waals surface area contributed by atoms with Crippen LogP contribution in [0.15, 0.2) is 36.4 Å². The summed E-state index contributed by atoms with van der Waals surface area (Å²) < 4.78 is 15.9. The molecule has 2 aliphatic rings. The number of rotatable bonds is 4. The van der Waals surface area contributed by atoms with Crippen molar-refractivity contribution in [3.05, 3.63) is 53.1 Å². The minimum absolute atomic E-state index is 0.0244. The maximum absolute atomic E-state index is 15.9. The number of hydrogen-bond acceptors (Lipinski definition) is 1. The summed E-state index contributed by atoms with van der Waals surface area (Å²) in [5.41, 5.74) is 7.56. The molecule has 2 aromatic carbocycles. The third kappa shape index (κ3) is 5.89. The van der Waals surface area contributed by atoms with Gasteiger partial charge >= 0.3 is 0 Å². The second-order valence-electron chi connectivity index (χ2n) is 15.5. The molecule has 0 saturated heterocycles. The smallest absolute Gasteiger partial charge is 0.122 e. The molecule has 2 heteroatoms. The van der Waals surface area contributed by atoms with Gasteiger partial charge in [0.15, 0.2) is 0 Å². The molecule has 0 amide bonds. The molecule has 0 spiro atoms. The molecule has 38 heavy (non-hydrogen) atoms. The lowest BCUT2D eigenvalue weighted by Crippen LogP contribution is -2.31. The van der Waals surface area contributed by atoms with Gasteiger partial charge in [0.05, 0.1) is 0 Å². The van der Waals surface area contributed by atoms with E-state index in [2.05, 4.69) is 98.7 Å². The summed E-state index contributed by atoms with van der Waals surface area (Å²) in [6, 6.07) is 13.9. The fourth-order valence-electron chi connectivity index (χ4n) is 7.16. The van der Waals surface area contributed by atoms with Crippen molar-refractivity contribution in [2.45, 2.75) is 154 Å². The van der Waals surface area contributed by atoms with Crippen molar-refractivity contribution in [3.8, 4) is 11.1 Å². The molecule has 0 aliphatic heterocycles. The maximum Gasteiger partial charge on any atom is 0.122 e. The Morgan fingerprint density at radius 2 is 1.03 bits per heavy atom. The lowest BCUT2D eigenvalue weighted by Gasteiger charge is -2.40. The number of benzene rings is 2. The van der Waals surface area contributed by atoms with Crippen LogP contribution >= 0.6 is 7.14 Å². The summed E-state index contributed by atoms with van der Waals surface area (Å²) in [5, 5.41) is 1.21. The van der Waals surface area contributed by atoms with Crippen LogP contribution in [0.2, 0.25) is 0 Å². The van der Waals surface area contributed by atoms with Gasteiger partial charge in [-0.05, 0) is 69.7 Å². The van der Waals surface area contributed by atoms with Gasteiger partial charge in [-0.2, -0.15) is 0 Å². The first kappa shape index (κ1) is 29.6. The monoisotopic (exact) mass is 534 g/mol. The minimum atomic E-state index is -2.61. The van der Waals surface area contributed by atoms with Crippen LogP contribution in [0.4, 0.5) is 0 Å². The second kappa shape index (κ2) is 10.9. The maximum atomic E-state index is 15.9. The predicted octanol–water partition coefficient (Wildman–Crippen LogP) is 10.9. The Kier molecular flexibility index (Phi) is 8.52. The SMILES string of the molecule is CC(C)(C)c1cc(C(C)(C)C)c(-c2ccccc2P(=O)(C2CCCCC2)C2CCCCC2)c(C(C)(C)C)c1. The van der Waals surface area contributed by atoms with Crippen molar-refractivity contribution in [1.82, 2.24) is 0 Å². The zero-order valence-corrected chi connectivity index (χ0v) is 26.9. The van der Waals surface area contributed by atoms with Crippen LogP contribution in [0.1, 0.15) is 143 Å². The summed E-state index contributed by atoms with van der Waals surface area (Å²) >= 11 is 0. The molecule has 0 heterocycles. The molecule has 2 fully saturated rings. The van der Waals surface area contributed by atoms with E-state index in [1.165, 1.54) is 71.6 Å². The first-order valence-electron chi connectivity index (χ1n) is 15.5. The molecule has 2 aromatic rings. The van der Waals surface area contributed by atoms with Crippen molar-refractivity contribution in [2.24, 2.45) is 0 Å². The Labute approximate surface area is 235 Å². The quantitative estimate of drug-likeness (QED) is 0.357. The van der Waals surface area contributed by atoms with Crippen LogP contribution in [0.3, 0.4) is 0 Å². The van der Waals surface area contributed by atoms with Crippen molar-refractivity contribution in [3.63, 3.8) is 0 Å². The normalized spacial score (nSPS) is 19.1. The first-order valence-corrected chi connectivity index (χ1v) is 17.4. The van der Waals surface area contributed by atoms with Crippen molar-refractivity contribution in [2.75, 3.05) is 0 Å². The van der Waals surface area contributed by atoms with Crippen LogP contribution < -0.4 is 5.30 Å². The fourth-order valence-corrected chi connectivity index (χ4v) is 11.7.